The highest BCUT2D eigenvalue weighted by Crippen LogP contribution is 2.33. The van der Waals surface area contributed by atoms with Gasteiger partial charge in [0.05, 0.1) is 33.0 Å². The van der Waals surface area contributed by atoms with E-state index in [-0.39, 0.29) is 0 Å². The number of hydrogen-bond acceptors (Lipinski definition) is 13. The van der Waals surface area contributed by atoms with Crippen molar-refractivity contribution in [3.63, 3.8) is 0 Å². The van der Waals surface area contributed by atoms with E-state index in [1.165, 1.54) is 99.0 Å². The summed E-state index contributed by atoms with van der Waals surface area (Å²) < 4.78 is 11.5. The number of anilines is 10. The van der Waals surface area contributed by atoms with Crippen LogP contribution < -0.4 is 55.8 Å². The normalized spacial score (nSPS) is 10.6. The average Bonchev–Trinajstić information content (AvgIpc) is 1.85. The van der Waals surface area contributed by atoms with Crippen LogP contribution in [0, 0.1) is 0 Å². The summed E-state index contributed by atoms with van der Waals surface area (Å²) in [4.78, 5) is 15.1. The van der Waals surface area contributed by atoms with Gasteiger partial charge in [0.15, 0.2) is 5.13 Å². The van der Waals surface area contributed by atoms with Crippen LogP contribution in [0.3, 0.4) is 0 Å². The van der Waals surface area contributed by atoms with Crippen LogP contribution in [0.25, 0.3) is 42.5 Å². The van der Waals surface area contributed by atoms with Gasteiger partial charge in [0, 0.05) is 155 Å². The third-order valence-electron chi connectivity index (χ3n) is 18.3. The van der Waals surface area contributed by atoms with Gasteiger partial charge in [-0.15, -0.1) is 0 Å². The molecule has 0 aliphatic rings. The van der Waals surface area contributed by atoms with Gasteiger partial charge in [0.1, 0.15) is 11.5 Å². The molecule has 111 heavy (non-hydrogen) atoms. The third kappa shape index (κ3) is 24.0. The molecule has 0 aliphatic heterocycles. The number of halogens is 4. The van der Waals surface area contributed by atoms with Crippen molar-refractivity contribution in [2.24, 2.45) is 0 Å². The predicted molar refractivity (Wildman–Crippen MR) is 496 cm³/mol. The third-order valence-corrected chi connectivity index (χ3v) is 21.8. The number of aromatic nitrogens is 1. The second-order valence-electron chi connectivity index (χ2n) is 27.6. The van der Waals surface area contributed by atoms with E-state index in [9.17, 15) is 0 Å². The molecule has 5 N–H and O–H groups in total. The fraction of sp³-hybridized carbons (Fsp3) is 0.160. The Balaban J connectivity index is 0.000000138. The van der Waals surface area contributed by atoms with Crippen LogP contribution in [0.4, 0.5) is 56.3 Å². The molecule has 0 spiro atoms. The molecule has 15 aromatic rings. The van der Waals surface area contributed by atoms with Crippen LogP contribution in [0.2, 0.25) is 0 Å². The zero-order chi connectivity index (χ0) is 78.2. The Morgan fingerprint density at radius 2 is 0.676 bits per heavy atom. The molecule has 0 saturated carbocycles. The molecule has 566 valence electrons. The van der Waals surface area contributed by atoms with Gasteiger partial charge in [-0.3, -0.25) is 0 Å². The van der Waals surface area contributed by atoms with Gasteiger partial charge in [0.2, 0.25) is 0 Å². The topological polar surface area (TPSA) is 98.5 Å². The molecule has 1 aromatic heterocycles. The van der Waals surface area contributed by atoms with Gasteiger partial charge < -0.3 is 55.8 Å². The van der Waals surface area contributed by atoms with Gasteiger partial charge in [-0.05, 0) is 258 Å². The molecule has 0 saturated heterocycles. The van der Waals surface area contributed by atoms with Gasteiger partial charge in [0.25, 0.3) is 0 Å². The summed E-state index contributed by atoms with van der Waals surface area (Å²) in [6.45, 7) is 3.99. The van der Waals surface area contributed by atoms with Crippen LogP contribution in [-0.2, 0) is 32.7 Å². The lowest BCUT2D eigenvalue weighted by molar-refractivity contribution is 0.483. The Hall–Kier alpha value is -10.5. The second kappa shape index (κ2) is 40.4. The first-order valence-corrected chi connectivity index (χ1v) is 40.7. The summed E-state index contributed by atoms with van der Waals surface area (Å²) in [5.41, 5.74) is 17.8. The van der Waals surface area contributed by atoms with Crippen molar-refractivity contribution in [2.45, 2.75) is 32.7 Å². The Kier molecular flexibility index (Phi) is 29.7. The van der Waals surface area contributed by atoms with Crippen molar-refractivity contribution in [1.29, 1.82) is 0 Å². The molecule has 0 amide bonds. The second-order valence-corrected chi connectivity index (χ2v) is 32.1. The molecule has 12 nitrogen and oxygen atoms in total. The standard InChI is InChI=1S/C21H21BrN2O.2C19H19BrN2.C19H20N2.C16H16BrN3S/c1-24(2)21-13-8-16(14-20(21)22)15-23-17-9-11-19(12-10-17)25-18-6-4-3-5-7-18;1-22(2)19-11-10-14(12-17(19)20)13-21-18-9-5-7-15-6-3-4-8-16(15)18;1-22(2)19-10-7-14(11-18(19)20)13-21-17-9-8-15-5-3-4-6-16(15)12-17;1-21(2)19-11-7-15(8-12-19)14-20-18-10-9-16-5-3-4-6-17(16)13-18;1-20(2)14-8-7-11(9-12(14)17)10-18-16-19-13-5-3-4-6-15(13)21-16/h3-14,23H,15H2,1-2H3;2*3-12,21H,13H2,1-2H3;3-13,20H,14H2,1-2H3;3-9H,10H2,1-2H3,(H,18,19). The molecule has 0 bridgehead atoms. The van der Waals surface area contributed by atoms with Crippen molar-refractivity contribution in [2.75, 3.05) is 122 Å². The first-order valence-electron chi connectivity index (χ1n) is 36.7. The molecule has 0 unspecified atom stereocenters. The van der Waals surface area contributed by atoms with Gasteiger partial charge >= 0.3 is 0 Å². The van der Waals surface area contributed by atoms with Crippen molar-refractivity contribution < 1.29 is 4.74 Å². The highest BCUT2D eigenvalue weighted by atomic mass is 79.9. The van der Waals surface area contributed by atoms with E-state index in [0.29, 0.717) is 0 Å². The van der Waals surface area contributed by atoms with Crippen LogP contribution in [0.5, 0.6) is 11.5 Å². The molecular weight excluding hydrogens is 1650 g/mol. The molecule has 1 heterocycles. The zero-order valence-electron chi connectivity index (χ0n) is 64.4. The van der Waals surface area contributed by atoms with Crippen LogP contribution in [0.15, 0.2) is 321 Å². The molecule has 17 heteroatoms. The zero-order valence-corrected chi connectivity index (χ0v) is 71.6. The summed E-state index contributed by atoms with van der Waals surface area (Å²) in [5.74, 6) is 1.67. The summed E-state index contributed by atoms with van der Waals surface area (Å²) in [7, 11) is 20.5. The van der Waals surface area contributed by atoms with Gasteiger partial charge in [-0.1, -0.05) is 175 Å². The number of nitrogens with zero attached hydrogens (tertiary/aromatic N) is 6. The Morgan fingerprint density at radius 3 is 1.14 bits per heavy atom. The maximum atomic E-state index is 5.81. The first kappa shape index (κ1) is 81.5. The maximum Gasteiger partial charge on any atom is 0.184 e. The molecule has 0 atom stereocenters. The molecule has 15 rings (SSSR count). The minimum absolute atomic E-state index is 0.769. The first-order chi connectivity index (χ1) is 53.7. The highest BCUT2D eigenvalue weighted by molar-refractivity contribution is 9.11. The van der Waals surface area contributed by atoms with Gasteiger partial charge in [-0.2, -0.15) is 0 Å². The lowest BCUT2D eigenvalue weighted by Gasteiger charge is -2.16. The van der Waals surface area contributed by atoms with Crippen molar-refractivity contribution in [3.8, 4) is 11.5 Å². The Morgan fingerprint density at radius 1 is 0.297 bits per heavy atom. The summed E-state index contributed by atoms with van der Waals surface area (Å²) >= 11 is 16.2. The van der Waals surface area contributed by atoms with E-state index in [1.54, 1.807) is 11.3 Å². The van der Waals surface area contributed by atoms with Crippen molar-refractivity contribution in [3.05, 3.63) is 349 Å². The number of thiazole rings is 1. The number of rotatable bonds is 22. The molecule has 0 radical (unpaired) electrons. The monoisotopic (exact) mass is 1740 g/mol. The van der Waals surface area contributed by atoms with Crippen molar-refractivity contribution >= 4 is 174 Å². The van der Waals surface area contributed by atoms with E-state index < -0.39 is 0 Å². The number of benzene rings is 14. The van der Waals surface area contributed by atoms with E-state index >= 15 is 0 Å². The molecule has 14 aromatic carbocycles. The van der Waals surface area contributed by atoms with E-state index in [4.69, 9.17) is 4.74 Å². The van der Waals surface area contributed by atoms with Crippen LogP contribution in [0.1, 0.15) is 27.8 Å². The number of para-hydroxylation sites is 2. The Bertz CT molecular complexity index is 5440. The lowest BCUT2D eigenvalue weighted by Crippen LogP contribution is -2.09. The number of fused-ring (bicyclic) bond motifs is 4. The highest BCUT2D eigenvalue weighted by Gasteiger charge is 2.11. The summed E-state index contributed by atoms with van der Waals surface area (Å²) in [6, 6.07) is 105. The Labute approximate surface area is 692 Å². The van der Waals surface area contributed by atoms with E-state index in [0.717, 1.165) is 89.8 Å². The fourth-order valence-corrected chi connectivity index (χ4v) is 16.2. The van der Waals surface area contributed by atoms with Gasteiger partial charge in [-0.25, -0.2) is 4.98 Å². The van der Waals surface area contributed by atoms with Crippen LogP contribution in [-0.4, -0.2) is 75.5 Å². The predicted octanol–water partition coefficient (Wildman–Crippen LogP) is 25.7. The minimum atomic E-state index is 0.769. The molecule has 0 aliphatic carbocycles. The SMILES string of the molecule is CN(C)c1ccc(CNc2ccc(Oc3ccccc3)cc2)cc1Br.CN(C)c1ccc(CNc2ccc3ccccc3c2)cc1.CN(C)c1ccc(CNc2ccc3ccccc3c2)cc1Br.CN(C)c1ccc(CNc2cccc3ccccc23)cc1Br.CN(C)c1ccc(CNc2nc3ccccc3s2)cc1Br. The maximum absolute atomic E-state index is 5.81. The number of ether oxygens (including phenoxy) is 1. The van der Waals surface area contributed by atoms with Crippen molar-refractivity contribution in [1.82, 2.24) is 4.98 Å². The van der Waals surface area contributed by atoms with E-state index in [2.05, 4.69) is 364 Å². The lowest BCUT2D eigenvalue weighted by atomic mass is 10.1. The minimum Gasteiger partial charge on any atom is -0.457 e. The largest absolute Gasteiger partial charge is 0.457 e. The smallest absolute Gasteiger partial charge is 0.184 e. The van der Waals surface area contributed by atoms with E-state index in [1.807, 2.05) is 129 Å². The van der Waals surface area contributed by atoms with Crippen LogP contribution >= 0.6 is 75.1 Å². The quantitative estimate of drug-likeness (QED) is 0.0447. The molecular formula is C94H95Br4N11OS. The molecule has 0 fully saturated rings. The summed E-state index contributed by atoms with van der Waals surface area (Å²) in [5, 5.41) is 25.9. The number of hydrogen-bond donors (Lipinski definition) is 5. The summed E-state index contributed by atoms with van der Waals surface area (Å²) in [6.07, 6.45) is 0. The fourth-order valence-electron chi connectivity index (χ4n) is 12.2. The number of nitrogens with one attached hydrogen (secondary N) is 5. The average molecular weight is 1750 g/mol.